The highest BCUT2D eigenvalue weighted by atomic mass is 35.5. The third kappa shape index (κ3) is 1.93. The van der Waals surface area contributed by atoms with Crippen LogP contribution in [0.1, 0.15) is 18.4 Å². The van der Waals surface area contributed by atoms with Gasteiger partial charge in [0.05, 0.1) is 23.4 Å². The fourth-order valence-electron chi connectivity index (χ4n) is 1.63. The number of benzene rings is 1. The van der Waals surface area contributed by atoms with Gasteiger partial charge in [-0.15, -0.1) is 0 Å². The van der Waals surface area contributed by atoms with Gasteiger partial charge >= 0.3 is 0 Å². The van der Waals surface area contributed by atoms with Crippen LogP contribution in [0.4, 0.5) is 0 Å². The van der Waals surface area contributed by atoms with Crippen LogP contribution < -0.4 is 4.74 Å². The van der Waals surface area contributed by atoms with E-state index in [2.05, 4.69) is 5.16 Å². The van der Waals surface area contributed by atoms with Gasteiger partial charge in [0, 0.05) is 12.0 Å². The zero-order valence-electron chi connectivity index (χ0n) is 8.77. The molecule has 2 rings (SSSR count). The first-order valence-electron chi connectivity index (χ1n) is 4.96. The molecule has 1 saturated carbocycles. The fraction of sp³-hybridized carbons (Fsp3) is 0.364. The molecule has 1 aromatic rings. The Kier molecular flexibility index (Phi) is 2.92. The average Bonchev–Trinajstić information content (AvgIpc) is 3.06. The summed E-state index contributed by atoms with van der Waals surface area (Å²) >= 11 is 6.03. The summed E-state index contributed by atoms with van der Waals surface area (Å²) < 4.78 is 4.97. The maximum Gasteiger partial charge on any atom is 0.129 e. The second-order valence-electron chi connectivity index (χ2n) is 3.76. The molecule has 0 aliphatic heterocycles. The van der Waals surface area contributed by atoms with E-state index in [1.165, 1.54) is 13.2 Å². The molecule has 86 valence electrons. The second kappa shape index (κ2) is 4.22. The maximum atomic E-state index is 9.83. The number of hydrogen-bond acceptors (Lipinski definition) is 4. The van der Waals surface area contributed by atoms with E-state index in [-0.39, 0.29) is 11.7 Å². The average molecular weight is 242 g/mol. The molecule has 0 atom stereocenters. The molecule has 0 amide bonds. The second-order valence-corrected chi connectivity index (χ2v) is 4.17. The lowest BCUT2D eigenvalue weighted by Gasteiger charge is -2.10. The predicted octanol–water partition coefficient (Wildman–Crippen LogP) is 2.64. The van der Waals surface area contributed by atoms with Gasteiger partial charge in [-0.25, -0.2) is 0 Å². The summed E-state index contributed by atoms with van der Waals surface area (Å²) in [5.74, 6) is 0.644. The van der Waals surface area contributed by atoms with Gasteiger partial charge in [0.1, 0.15) is 11.5 Å². The molecule has 1 aromatic carbocycles. The molecular weight excluding hydrogens is 230 g/mol. The van der Waals surface area contributed by atoms with E-state index in [1.54, 1.807) is 6.07 Å². The summed E-state index contributed by atoms with van der Waals surface area (Å²) in [4.78, 5) is 0. The Morgan fingerprint density at radius 3 is 2.62 bits per heavy atom. The Balaban J connectivity index is 2.47. The molecule has 0 bridgehead atoms. The van der Waals surface area contributed by atoms with Gasteiger partial charge < -0.3 is 15.1 Å². The fourth-order valence-corrected chi connectivity index (χ4v) is 1.93. The minimum absolute atomic E-state index is 0.0240. The van der Waals surface area contributed by atoms with Crippen LogP contribution in [0.25, 0.3) is 0 Å². The van der Waals surface area contributed by atoms with Crippen LogP contribution in [0.5, 0.6) is 11.5 Å². The predicted molar refractivity (Wildman–Crippen MR) is 60.7 cm³/mol. The van der Waals surface area contributed by atoms with Gasteiger partial charge in [0.15, 0.2) is 0 Å². The lowest BCUT2D eigenvalue weighted by atomic mass is 10.0. The van der Waals surface area contributed by atoms with Gasteiger partial charge in [-0.1, -0.05) is 16.8 Å². The number of aromatic hydroxyl groups is 1. The summed E-state index contributed by atoms with van der Waals surface area (Å²) in [5.41, 5.74) is 0.845. The summed E-state index contributed by atoms with van der Waals surface area (Å²) in [6, 6.07) is 3.04. The molecule has 1 fully saturated rings. The number of oxime groups is 1. The number of hydrogen-bond donors (Lipinski definition) is 2. The normalized spacial score (nSPS) is 16.2. The van der Waals surface area contributed by atoms with Crippen molar-refractivity contribution < 1.29 is 15.1 Å². The van der Waals surface area contributed by atoms with Crippen LogP contribution in [-0.2, 0) is 0 Å². The Hall–Kier alpha value is -1.42. The molecule has 0 radical (unpaired) electrons. The van der Waals surface area contributed by atoms with Gasteiger partial charge in [-0.2, -0.15) is 0 Å². The Labute approximate surface area is 98.1 Å². The smallest absolute Gasteiger partial charge is 0.129 e. The van der Waals surface area contributed by atoms with Crippen LogP contribution >= 0.6 is 11.6 Å². The Bertz CT molecular complexity index is 418. The van der Waals surface area contributed by atoms with Crippen molar-refractivity contribution in [2.45, 2.75) is 12.8 Å². The molecule has 1 aliphatic carbocycles. The van der Waals surface area contributed by atoms with Gasteiger partial charge in [0.25, 0.3) is 0 Å². The molecule has 1 aliphatic rings. The van der Waals surface area contributed by atoms with Crippen molar-refractivity contribution in [3.8, 4) is 11.5 Å². The van der Waals surface area contributed by atoms with Gasteiger partial charge in [0.2, 0.25) is 0 Å². The van der Waals surface area contributed by atoms with E-state index in [1.807, 2.05) is 0 Å². The highest BCUT2D eigenvalue weighted by Gasteiger charge is 2.32. The first-order valence-corrected chi connectivity index (χ1v) is 5.34. The zero-order valence-corrected chi connectivity index (χ0v) is 9.53. The minimum Gasteiger partial charge on any atom is -0.507 e. The molecule has 5 heteroatoms. The first kappa shape index (κ1) is 11.1. The monoisotopic (exact) mass is 241 g/mol. The number of phenols is 1. The number of nitrogens with zero attached hydrogens (tertiary/aromatic N) is 1. The number of phenolic OH excluding ortho intramolecular Hbond substituents is 1. The number of methoxy groups -OCH3 is 1. The van der Waals surface area contributed by atoms with Crippen LogP contribution in [0.15, 0.2) is 17.3 Å². The van der Waals surface area contributed by atoms with E-state index in [0.29, 0.717) is 22.0 Å². The van der Waals surface area contributed by atoms with E-state index in [9.17, 15) is 5.11 Å². The van der Waals surface area contributed by atoms with E-state index < -0.39 is 0 Å². The molecule has 0 heterocycles. The third-order valence-electron chi connectivity index (χ3n) is 2.61. The summed E-state index contributed by atoms with van der Waals surface area (Å²) in [7, 11) is 1.49. The van der Waals surface area contributed by atoms with Crippen molar-refractivity contribution in [3.05, 3.63) is 22.7 Å². The zero-order chi connectivity index (χ0) is 11.7. The molecule has 0 unspecified atom stereocenters. The number of halogens is 1. The lowest BCUT2D eigenvalue weighted by Crippen LogP contribution is -2.05. The molecular formula is C11H12ClNO3. The standard InChI is InChI=1S/C11H12ClNO3/c1-16-7-4-8(12)10(9(14)5-7)11(13-15)6-2-3-6/h4-6,14-15H,2-3H2,1H3/b13-11+. The van der Waals surface area contributed by atoms with Crippen molar-refractivity contribution in [2.24, 2.45) is 11.1 Å². The van der Waals surface area contributed by atoms with Crippen molar-refractivity contribution >= 4 is 17.3 Å². The van der Waals surface area contributed by atoms with Crippen LogP contribution in [0, 0.1) is 5.92 Å². The topological polar surface area (TPSA) is 62.0 Å². The summed E-state index contributed by atoms with van der Waals surface area (Å²) in [6.07, 6.45) is 1.92. The number of rotatable bonds is 3. The van der Waals surface area contributed by atoms with E-state index in [0.717, 1.165) is 12.8 Å². The third-order valence-corrected chi connectivity index (χ3v) is 2.90. The highest BCUT2D eigenvalue weighted by molar-refractivity contribution is 6.35. The molecule has 0 aromatic heterocycles. The summed E-state index contributed by atoms with van der Waals surface area (Å²) in [5, 5.41) is 22.3. The van der Waals surface area contributed by atoms with Crippen LogP contribution in [0.3, 0.4) is 0 Å². The van der Waals surface area contributed by atoms with Crippen LogP contribution in [0.2, 0.25) is 5.02 Å². The minimum atomic E-state index is -0.0240. The van der Waals surface area contributed by atoms with E-state index in [4.69, 9.17) is 21.5 Å². The number of ether oxygens (including phenoxy) is 1. The van der Waals surface area contributed by atoms with Crippen molar-refractivity contribution in [1.82, 2.24) is 0 Å². The SMILES string of the molecule is COc1cc(O)c(/C(=N/O)C2CC2)c(Cl)c1. The van der Waals surface area contributed by atoms with E-state index >= 15 is 0 Å². The van der Waals surface area contributed by atoms with Gasteiger partial charge in [-0.05, 0) is 18.9 Å². The molecule has 2 N–H and O–H groups in total. The molecule has 0 spiro atoms. The molecule has 16 heavy (non-hydrogen) atoms. The Morgan fingerprint density at radius 2 is 2.19 bits per heavy atom. The van der Waals surface area contributed by atoms with Crippen molar-refractivity contribution in [2.75, 3.05) is 7.11 Å². The maximum absolute atomic E-state index is 9.83. The quantitative estimate of drug-likeness (QED) is 0.486. The first-order chi connectivity index (χ1) is 7.67. The Morgan fingerprint density at radius 1 is 1.50 bits per heavy atom. The van der Waals surface area contributed by atoms with Crippen molar-refractivity contribution in [3.63, 3.8) is 0 Å². The summed E-state index contributed by atoms with van der Waals surface area (Å²) in [6.45, 7) is 0. The molecule has 0 saturated heterocycles. The van der Waals surface area contributed by atoms with Crippen molar-refractivity contribution in [1.29, 1.82) is 0 Å². The van der Waals surface area contributed by atoms with Gasteiger partial charge in [-0.3, -0.25) is 0 Å². The highest BCUT2D eigenvalue weighted by Crippen LogP contribution is 2.40. The van der Waals surface area contributed by atoms with Crippen LogP contribution in [-0.4, -0.2) is 23.1 Å². The largest absolute Gasteiger partial charge is 0.507 e. The molecule has 4 nitrogen and oxygen atoms in total. The lowest BCUT2D eigenvalue weighted by molar-refractivity contribution is 0.317.